The summed E-state index contributed by atoms with van der Waals surface area (Å²) in [5, 5.41) is 9.57. The SMILES string of the molecule is CCOP(=O)(C(=O)c1c(C)cc(CSC(O)=S)cc1C)c1ccccc1. The maximum atomic E-state index is 13.5. The van der Waals surface area contributed by atoms with Gasteiger partial charge in [-0.25, -0.2) is 0 Å². The van der Waals surface area contributed by atoms with Crippen LogP contribution in [0.4, 0.5) is 0 Å². The van der Waals surface area contributed by atoms with Gasteiger partial charge < -0.3 is 9.63 Å². The molecule has 0 radical (unpaired) electrons. The van der Waals surface area contributed by atoms with Gasteiger partial charge in [-0.05, 0) is 61.8 Å². The van der Waals surface area contributed by atoms with Gasteiger partial charge in [-0.3, -0.25) is 9.36 Å². The average molecular weight is 408 g/mol. The maximum Gasteiger partial charge on any atom is 0.300 e. The van der Waals surface area contributed by atoms with Crippen molar-refractivity contribution in [2.75, 3.05) is 6.61 Å². The van der Waals surface area contributed by atoms with E-state index in [0.29, 0.717) is 16.6 Å². The summed E-state index contributed by atoms with van der Waals surface area (Å²) in [5.74, 6) is 0.507. The van der Waals surface area contributed by atoms with Crippen molar-refractivity contribution in [3.05, 3.63) is 64.7 Å². The molecule has 0 heterocycles. The van der Waals surface area contributed by atoms with Gasteiger partial charge in [0.25, 0.3) is 5.52 Å². The van der Waals surface area contributed by atoms with E-state index in [9.17, 15) is 14.5 Å². The maximum absolute atomic E-state index is 13.5. The van der Waals surface area contributed by atoms with E-state index in [2.05, 4.69) is 12.2 Å². The Balaban J connectivity index is 2.47. The van der Waals surface area contributed by atoms with E-state index in [1.54, 1.807) is 37.3 Å². The van der Waals surface area contributed by atoms with Gasteiger partial charge in [0.15, 0.2) is 0 Å². The van der Waals surface area contributed by atoms with Gasteiger partial charge in [-0.15, -0.1) is 0 Å². The number of hydrogen-bond acceptors (Lipinski definition) is 5. The van der Waals surface area contributed by atoms with Gasteiger partial charge in [-0.2, -0.15) is 0 Å². The third-order valence-corrected chi connectivity index (χ3v) is 7.28. The Morgan fingerprint density at radius 1 is 1.19 bits per heavy atom. The molecular weight excluding hydrogens is 387 g/mol. The molecule has 1 atom stereocenters. The molecule has 0 spiro atoms. The highest BCUT2D eigenvalue weighted by molar-refractivity contribution is 8.21. The molecule has 4 nitrogen and oxygen atoms in total. The lowest BCUT2D eigenvalue weighted by Gasteiger charge is -2.19. The molecule has 1 unspecified atom stereocenters. The summed E-state index contributed by atoms with van der Waals surface area (Å²) in [5.41, 5.74) is 2.32. The van der Waals surface area contributed by atoms with Crippen LogP contribution >= 0.6 is 31.3 Å². The van der Waals surface area contributed by atoms with Crippen LogP contribution in [0.2, 0.25) is 0 Å². The molecule has 2 aromatic rings. The Morgan fingerprint density at radius 3 is 2.27 bits per heavy atom. The summed E-state index contributed by atoms with van der Waals surface area (Å²) >= 11 is 5.82. The highest BCUT2D eigenvalue weighted by Crippen LogP contribution is 2.50. The molecule has 0 saturated heterocycles. The molecule has 0 aromatic heterocycles. The van der Waals surface area contributed by atoms with E-state index < -0.39 is 12.9 Å². The average Bonchev–Trinajstić information content (AvgIpc) is 2.60. The van der Waals surface area contributed by atoms with Crippen molar-refractivity contribution in [1.82, 2.24) is 0 Å². The van der Waals surface area contributed by atoms with Crippen LogP contribution in [0.5, 0.6) is 0 Å². The predicted molar refractivity (Wildman–Crippen MR) is 112 cm³/mol. The van der Waals surface area contributed by atoms with Crippen LogP contribution in [0.15, 0.2) is 42.5 Å². The molecule has 0 bridgehead atoms. The Bertz CT molecular complexity index is 842. The second kappa shape index (κ2) is 8.96. The van der Waals surface area contributed by atoms with Gasteiger partial charge >= 0.3 is 7.37 Å². The molecule has 0 aliphatic heterocycles. The first-order chi connectivity index (χ1) is 12.3. The zero-order valence-electron chi connectivity index (χ0n) is 14.9. The van der Waals surface area contributed by atoms with Crippen LogP contribution in [0.25, 0.3) is 0 Å². The molecule has 0 fully saturated rings. The van der Waals surface area contributed by atoms with Crippen LogP contribution in [0.1, 0.15) is 34.0 Å². The van der Waals surface area contributed by atoms with Crippen molar-refractivity contribution in [3.8, 4) is 0 Å². The monoisotopic (exact) mass is 408 g/mol. The molecule has 1 N–H and O–H groups in total. The van der Waals surface area contributed by atoms with E-state index in [1.165, 1.54) is 0 Å². The third kappa shape index (κ3) is 4.63. The first kappa shape index (κ1) is 20.8. The lowest BCUT2D eigenvalue weighted by Crippen LogP contribution is -2.17. The molecule has 0 aliphatic carbocycles. The topological polar surface area (TPSA) is 63.6 Å². The minimum absolute atomic E-state index is 0.120. The summed E-state index contributed by atoms with van der Waals surface area (Å²) in [6.07, 6.45) is 0. The van der Waals surface area contributed by atoms with Gasteiger partial charge in [0, 0.05) is 16.6 Å². The third-order valence-electron chi connectivity index (χ3n) is 3.84. The molecule has 2 rings (SSSR count). The van der Waals surface area contributed by atoms with E-state index in [4.69, 9.17) is 4.52 Å². The van der Waals surface area contributed by atoms with Crippen molar-refractivity contribution < 1.29 is 19.0 Å². The zero-order chi connectivity index (χ0) is 19.3. The first-order valence-corrected chi connectivity index (χ1v) is 11.1. The van der Waals surface area contributed by atoms with Crippen molar-refractivity contribution >= 4 is 46.6 Å². The summed E-state index contributed by atoms with van der Waals surface area (Å²) < 4.78 is 18.9. The number of rotatable bonds is 7. The number of carbonyl (C=O) groups excluding carboxylic acids is 1. The standard InChI is InChI=1S/C19H21O4PS2/c1-4-23-24(22,16-8-6-5-7-9-16)18(20)17-13(2)10-15(11-14(17)3)12-26-19(21)25/h5-11H,4,12H2,1-3H3,(H,21,25). The van der Waals surface area contributed by atoms with Gasteiger partial charge in [-0.1, -0.05) is 42.1 Å². The normalized spacial score (nSPS) is 13.2. The summed E-state index contributed by atoms with van der Waals surface area (Å²) in [6.45, 7) is 5.53. The predicted octanol–water partition coefficient (Wildman–Crippen LogP) is 5.16. The second-order valence-corrected chi connectivity index (χ2v) is 9.66. The highest BCUT2D eigenvalue weighted by atomic mass is 32.2. The van der Waals surface area contributed by atoms with Crippen molar-refractivity contribution in [1.29, 1.82) is 0 Å². The Kier molecular flexibility index (Phi) is 7.18. The van der Waals surface area contributed by atoms with E-state index >= 15 is 0 Å². The van der Waals surface area contributed by atoms with Crippen LogP contribution in [-0.2, 0) is 14.8 Å². The fraction of sp³-hybridized carbons (Fsp3) is 0.263. The number of aliphatic hydroxyl groups is 1. The minimum atomic E-state index is -3.69. The van der Waals surface area contributed by atoms with Gasteiger partial charge in [0.1, 0.15) is 0 Å². The number of hydrogen-bond donors (Lipinski definition) is 1. The molecule has 0 amide bonds. The lowest BCUT2D eigenvalue weighted by molar-refractivity contribution is 0.105. The zero-order valence-corrected chi connectivity index (χ0v) is 17.4. The van der Waals surface area contributed by atoms with E-state index in [1.807, 2.05) is 26.0 Å². The first-order valence-electron chi connectivity index (χ1n) is 8.10. The molecule has 26 heavy (non-hydrogen) atoms. The van der Waals surface area contributed by atoms with Gasteiger partial charge in [0.05, 0.1) is 6.61 Å². The molecule has 7 heteroatoms. The van der Waals surface area contributed by atoms with E-state index in [0.717, 1.165) is 28.5 Å². The van der Waals surface area contributed by atoms with Crippen LogP contribution in [0.3, 0.4) is 0 Å². The fourth-order valence-corrected chi connectivity index (χ4v) is 5.53. The molecule has 2 aromatic carbocycles. The number of aryl methyl sites for hydroxylation is 2. The Hall–Kier alpha value is -1.46. The summed E-state index contributed by atoms with van der Waals surface area (Å²) in [7, 11) is -3.69. The molecule has 0 aliphatic rings. The Morgan fingerprint density at radius 2 is 1.77 bits per heavy atom. The summed E-state index contributed by atoms with van der Waals surface area (Å²) in [4.78, 5) is 13.2. The Labute approximate surface area is 163 Å². The van der Waals surface area contributed by atoms with Gasteiger partial charge in [0.2, 0.25) is 4.38 Å². The van der Waals surface area contributed by atoms with Crippen LogP contribution in [0, 0.1) is 13.8 Å². The molecule has 138 valence electrons. The number of carbonyl (C=O) groups is 1. The second-order valence-electron chi connectivity index (χ2n) is 5.77. The van der Waals surface area contributed by atoms with Crippen molar-refractivity contribution in [3.63, 3.8) is 0 Å². The number of thiocarbonyl (C=S) groups is 1. The van der Waals surface area contributed by atoms with Crippen molar-refractivity contribution in [2.45, 2.75) is 26.5 Å². The smallest absolute Gasteiger partial charge is 0.300 e. The van der Waals surface area contributed by atoms with Crippen molar-refractivity contribution in [2.24, 2.45) is 0 Å². The molecular formula is C19H21O4PS2. The lowest BCUT2D eigenvalue weighted by atomic mass is 10.0. The summed E-state index contributed by atoms with van der Waals surface area (Å²) in [6, 6.07) is 12.3. The number of aliphatic hydroxyl groups excluding tert-OH is 1. The number of benzene rings is 2. The number of thioether (sulfide) groups is 1. The highest BCUT2D eigenvalue weighted by Gasteiger charge is 2.37. The van der Waals surface area contributed by atoms with Crippen LogP contribution < -0.4 is 5.30 Å². The quantitative estimate of drug-likeness (QED) is 0.504. The minimum Gasteiger partial charge on any atom is -0.494 e. The fourth-order valence-electron chi connectivity index (χ4n) is 2.82. The largest absolute Gasteiger partial charge is 0.494 e. The van der Waals surface area contributed by atoms with E-state index in [-0.39, 0.29) is 11.0 Å². The molecule has 0 saturated carbocycles. The van der Waals surface area contributed by atoms with Crippen LogP contribution in [-0.4, -0.2) is 21.6 Å².